The van der Waals surface area contributed by atoms with Gasteiger partial charge in [0.15, 0.2) is 0 Å². The Hall–Kier alpha value is 0.470. The van der Waals surface area contributed by atoms with Crippen molar-refractivity contribution in [3.05, 3.63) is 34.9 Å². The highest BCUT2D eigenvalue weighted by atomic mass is 79.9. The molecule has 3 heteroatoms. The van der Waals surface area contributed by atoms with Gasteiger partial charge < -0.3 is 0 Å². The summed E-state index contributed by atoms with van der Waals surface area (Å²) in [5, 5.41) is 1.65. The lowest BCUT2D eigenvalue weighted by Crippen LogP contribution is -2.13. The smallest absolute Gasteiger partial charge is 0.0574 e. The fourth-order valence-electron chi connectivity index (χ4n) is 0.875. The Morgan fingerprint density at radius 2 is 1.83 bits per heavy atom. The van der Waals surface area contributed by atoms with E-state index in [-0.39, 0.29) is 4.32 Å². The zero-order chi connectivity index (χ0) is 9.19. The van der Waals surface area contributed by atoms with Crippen LogP contribution in [0.4, 0.5) is 0 Å². The zero-order valence-electron chi connectivity index (χ0n) is 6.65. The predicted molar refractivity (Wildman–Crippen MR) is 61.5 cm³/mol. The molecule has 0 bridgehead atoms. The van der Waals surface area contributed by atoms with E-state index in [1.807, 2.05) is 24.3 Å². The molecule has 0 heterocycles. The van der Waals surface area contributed by atoms with Crippen molar-refractivity contribution in [2.45, 2.75) is 11.2 Å². The minimum atomic E-state index is -0.00239. The Balaban J connectivity index is 2.96. The molecular weight excluding hydrogens is 303 g/mol. The molecule has 1 aromatic rings. The van der Waals surface area contributed by atoms with E-state index in [0.29, 0.717) is 0 Å². The molecule has 1 atom stereocenters. The first-order chi connectivity index (χ1) is 5.56. The van der Waals surface area contributed by atoms with Crippen molar-refractivity contribution in [3.8, 4) is 0 Å². The van der Waals surface area contributed by atoms with Crippen LogP contribution in [0, 0.1) is 0 Å². The molecule has 0 aliphatic carbocycles. The molecule has 12 heavy (non-hydrogen) atoms. The summed E-state index contributed by atoms with van der Waals surface area (Å²) in [5.41, 5.74) is 1.23. The summed E-state index contributed by atoms with van der Waals surface area (Å²) >= 11 is 12.8. The van der Waals surface area contributed by atoms with Gasteiger partial charge in [-0.25, -0.2) is 0 Å². The molecule has 0 aliphatic rings. The number of alkyl halides is 2. The fraction of sp³-hybridized carbons (Fsp3) is 0.333. The summed E-state index contributed by atoms with van der Waals surface area (Å²) in [6, 6.07) is 7.86. The maximum Gasteiger partial charge on any atom is 0.0574 e. The van der Waals surface area contributed by atoms with Crippen LogP contribution in [0.25, 0.3) is 0 Å². The van der Waals surface area contributed by atoms with E-state index in [1.54, 1.807) is 0 Å². The molecule has 0 saturated carbocycles. The minimum Gasteiger partial charge on any atom is -0.0909 e. The molecule has 0 spiro atoms. The molecule has 66 valence electrons. The van der Waals surface area contributed by atoms with Crippen LogP contribution in [0.5, 0.6) is 0 Å². The van der Waals surface area contributed by atoms with Crippen LogP contribution in [0.2, 0.25) is 5.02 Å². The Kier molecular flexibility index (Phi) is 3.62. The molecule has 0 fully saturated rings. The van der Waals surface area contributed by atoms with Gasteiger partial charge in [0.25, 0.3) is 0 Å². The second-order valence-corrected chi connectivity index (χ2v) is 5.59. The number of rotatable bonds is 2. The first kappa shape index (κ1) is 10.6. The van der Waals surface area contributed by atoms with Crippen LogP contribution in [0.3, 0.4) is 0 Å². The average molecular weight is 312 g/mol. The summed E-state index contributed by atoms with van der Waals surface area (Å²) in [5.74, 6) is 0. The van der Waals surface area contributed by atoms with E-state index < -0.39 is 0 Å². The Bertz CT molecular complexity index is 254. The summed E-state index contributed by atoms with van der Waals surface area (Å²) in [7, 11) is 0. The van der Waals surface area contributed by atoms with Gasteiger partial charge in [-0.2, -0.15) is 0 Å². The topological polar surface area (TPSA) is 0 Å². The fourth-order valence-corrected chi connectivity index (χ4v) is 1.59. The molecule has 0 aliphatic heterocycles. The van der Waals surface area contributed by atoms with Crippen molar-refractivity contribution >= 4 is 43.5 Å². The molecule has 1 aromatic carbocycles. The number of hydrogen-bond donors (Lipinski definition) is 0. The second-order valence-electron chi connectivity index (χ2n) is 2.84. The van der Waals surface area contributed by atoms with Gasteiger partial charge >= 0.3 is 0 Å². The zero-order valence-corrected chi connectivity index (χ0v) is 10.6. The summed E-state index contributed by atoms with van der Waals surface area (Å²) in [4.78, 5) is 0. The van der Waals surface area contributed by atoms with Crippen molar-refractivity contribution in [2.75, 3.05) is 5.33 Å². The highest BCUT2D eigenvalue weighted by Crippen LogP contribution is 2.32. The normalized spacial score (nSPS) is 15.7. The van der Waals surface area contributed by atoms with Gasteiger partial charge in [0, 0.05) is 10.4 Å². The molecule has 0 aromatic heterocycles. The van der Waals surface area contributed by atoms with Gasteiger partial charge in [-0.05, 0) is 24.6 Å². The Morgan fingerprint density at radius 3 is 2.25 bits per heavy atom. The molecule has 1 rings (SSSR count). The quantitative estimate of drug-likeness (QED) is 0.712. The maximum absolute atomic E-state index is 5.78. The van der Waals surface area contributed by atoms with Gasteiger partial charge in [-0.15, -0.1) is 0 Å². The molecular formula is C9H9Br2Cl. The lowest BCUT2D eigenvalue weighted by molar-refractivity contribution is 0.824. The van der Waals surface area contributed by atoms with E-state index >= 15 is 0 Å². The van der Waals surface area contributed by atoms with Gasteiger partial charge in [-0.1, -0.05) is 55.6 Å². The van der Waals surface area contributed by atoms with Crippen LogP contribution in [0.1, 0.15) is 12.5 Å². The van der Waals surface area contributed by atoms with E-state index in [9.17, 15) is 0 Å². The van der Waals surface area contributed by atoms with Crippen molar-refractivity contribution in [1.82, 2.24) is 0 Å². The number of halogens is 3. The molecule has 0 N–H and O–H groups in total. The predicted octanol–water partition coefficient (Wildman–Crippen LogP) is 4.35. The summed E-state index contributed by atoms with van der Waals surface area (Å²) in [6.07, 6.45) is 0. The first-order valence-electron chi connectivity index (χ1n) is 3.57. The molecule has 0 amide bonds. The van der Waals surface area contributed by atoms with Crippen molar-refractivity contribution in [1.29, 1.82) is 0 Å². The monoisotopic (exact) mass is 310 g/mol. The van der Waals surface area contributed by atoms with Gasteiger partial charge in [-0.3, -0.25) is 0 Å². The van der Waals surface area contributed by atoms with Gasteiger partial charge in [0.05, 0.1) is 4.32 Å². The number of benzene rings is 1. The van der Waals surface area contributed by atoms with E-state index in [2.05, 4.69) is 38.8 Å². The molecule has 0 radical (unpaired) electrons. The maximum atomic E-state index is 5.78. The van der Waals surface area contributed by atoms with Crippen molar-refractivity contribution in [3.63, 3.8) is 0 Å². The molecule has 0 saturated heterocycles. The van der Waals surface area contributed by atoms with Crippen molar-refractivity contribution in [2.24, 2.45) is 0 Å². The number of hydrogen-bond acceptors (Lipinski definition) is 0. The SMILES string of the molecule is CC(Br)(CBr)c1ccc(Cl)cc1. The first-order valence-corrected chi connectivity index (χ1v) is 5.86. The highest BCUT2D eigenvalue weighted by Gasteiger charge is 2.20. The second kappa shape index (κ2) is 4.12. The van der Waals surface area contributed by atoms with E-state index in [4.69, 9.17) is 11.6 Å². The van der Waals surface area contributed by atoms with Crippen LogP contribution < -0.4 is 0 Å². The third kappa shape index (κ3) is 2.48. The third-order valence-electron chi connectivity index (χ3n) is 1.70. The molecule has 1 unspecified atom stereocenters. The van der Waals surface area contributed by atoms with Crippen LogP contribution in [0.15, 0.2) is 24.3 Å². The average Bonchev–Trinajstić information content (AvgIpc) is 2.05. The van der Waals surface area contributed by atoms with Crippen LogP contribution >= 0.6 is 43.5 Å². The highest BCUT2D eigenvalue weighted by molar-refractivity contribution is 9.12. The lowest BCUT2D eigenvalue weighted by atomic mass is 10.0. The van der Waals surface area contributed by atoms with Crippen LogP contribution in [-0.4, -0.2) is 5.33 Å². The lowest BCUT2D eigenvalue weighted by Gasteiger charge is -2.19. The standard InChI is InChI=1S/C9H9Br2Cl/c1-9(11,6-10)7-2-4-8(12)5-3-7/h2-5H,6H2,1H3. The summed E-state index contributed by atoms with van der Waals surface area (Å²) < 4.78 is -0.00239. The Labute approximate surface area is 94.6 Å². The van der Waals surface area contributed by atoms with Gasteiger partial charge in [0.1, 0.15) is 0 Å². The van der Waals surface area contributed by atoms with Gasteiger partial charge in [0.2, 0.25) is 0 Å². The van der Waals surface area contributed by atoms with Crippen molar-refractivity contribution < 1.29 is 0 Å². The van der Waals surface area contributed by atoms with Crippen LogP contribution in [-0.2, 0) is 4.32 Å². The third-order valence-corrected chi connectivity index (χ3v) is 4.56. The summed E-state index contributed by atoms with van der Waals surface area (Å²) in [6.45, 7) is 2.12. The molecule has 0 nitrogen and oxygen atoms in total. The van der Waals surface area contributed by atoms with E-state index in [1.165, 1.54) is 5.56 Å². The van der Waals surface area contributed by atoms with E-state index in [0.717, 1.165) is 10.4 Å². The largest absolute Gasteiger partial charge is 0.0909 e. The Morgan fingerprint density at radius 1 is 1.33 bits per heavy atom. The minimum absolute atomic E-state index is 0.00239.